The van der Waals surface area contributed by atoms with Gasteiger partial charge in [-0.25, -0.2) is 0 Å². The molecule has 1 saturated heterocycles. The lowest BCUT2D eigenvalue weighted by atomic mass is 10.1. The van der Waals surface area contributed by atoms with Crippen LogP contribution in [-0.4, -0.2) is 38.0 Å². The van der Waals surface area contributed by atoms with Gasteiger partial charge in [0.15, 0.2) is 6.61 Å². The summed E-state index contributed by atoms with van der Waals surface area (Å²) in [6, 6.07) is 12.2. The van der Waals surface area contributed by atoms with E-state index in [0.717, 1.165) is 5.56 Å². The van der Waals surface area contributed by atoms with Crippen molar-refractivity contribution in [1.29, 1.82) is 0 Å². The zero-order valence-corrected chi connectivity index (χ0v) is 16.9. The van der Waals surface area contributed by atoms with Crippen LogP contribution in [0.4, 0.5) is 11.4 Å². The third-order valence-electron chi connectivity index (χ3n) is 4.64. The first-order valence-electron chi connectivity index (χ1n) is 9.05. The minimum atomic E-state index is -0.641. The monoisotopic (exact) mass is 416 g/mol. The highest BCUT2D eigenvalue weighted by Gasteiger charge is 2.37. The first kappa shape index (κ1) is 20.7. The normalized spacial score (nSPS) is 15.9. The van der Waals surface area contributed by atoms with Crippen LogP contribution in [-0.2, 0) is 19.1 Å². The zero-order chi connectivity index (χ0) is 21.0. The van der Waals surface area contributed by atoms with E-state index in [1.54, 1.807) is 42.5 Å². The summed E-state index contributed by atoms with van der Waals surface area (Å²) in [4.78, 5) is 38.3. The second-order valence-electron chi connectivity index (χ2n) is 6.69. The van der Waals surface area contributed by atoms with E-state index in [1.165, 1.54) is 12.0 Å². The fraction of sp³-hybridized carbons (Fsp3) is 0.286. The van der Waals surface area contributed by atoms with Crippen LogP contribution in [0.25, 0.3) is 0 Å². The van der Waals surface area contributed by atoms with E-state index >= 15 is 0 Å². The van der Waals surface area contributed by atoms with Gasteiger partial charge in [-0.15, -0.1) is 0 Å². The van der Waals surface area contributed by atoms with Crippen molar-refractivity contribution in [1.82, 2.24) is 0 Å². The molecule has 1 aliphatic heterocycles. The Labute approximate surface area is 173 Å². The second kappa shape index (κ2) is 8.96. The number of nitrogens with zero attached hydrogens (tertiary/aromatic N) is 1. The van der Waals surface area contributed by atoms with E-state index in [1.807, 2.05) is 6.92 Å². The predicted octanol–water partition coefficient (Wildman–Crippen LogP) is 3.19. The molecule has 0 saturated carbocycles. The molecule has 0 aliphatic carbocycles. The van der Waals surface area contributed by atoms with Gasteiger partial charge in [0, 0.05) is 23.7 Å². The number of hydrogen-bond acceptors (Lipinski definition) is 5. The first-order chi connectivity index (χ1) is 13.9. The van der Waals surface area contributed by atoms with Crippen molar-refractivity contribution in [3.8, 4) is 5.75 Å². The summed E-state index contributed by atoms with van der Waals surface area (Å²) in [5, 5.41) is 3.24. The maximum absolute atomic E-state index is 12.4. The van der Waals surface area contributed by atoms with Gasteiger partial charge in [-0.2, -0.15) is 0 Å². The van der Waals surface area contributed by atoms with E-state index in [4.69, 9.17) is 21.1 Å². The molecule has 3 rings (SSSR count). The molecule has 2 aromatic rings. The van der Waals surface area contributed by atoms with Gasteiger partial charge in [0.2, 0.25) is 5.91 Å². The number of rotatable bonds is 6. The minimum absolute atomic E-state index is 0.0226. The SMILES string of the molecule is COc1ccccc1N1C[C@@H](C(=O)OCC(=O)Nc2ccc(Cl)cc2C)CC1=O. The molecule has 1 atom stereocenters. The third-order valence-corrected chi connectivity index (χ3v) is 4.88. The van der Waals surface area contributed by atoms with Crippen LogP contribution in [0.1, 0.15) is 12.0 Å². The summed E-state index contributed by atoms with van der Waals surface area (Å²) >= 11 is 5.89. The Morgan fingerprint density at radius 2 is 2.00 bits per heavy atom. The van der Waals surface area contributed by atoms with Gasteiger partial charge in [-0.1, -0.05) is 23.7 Å². The van der Waals surface area contributed by atoms with Crippen LogP contribution in [0.5, 0.6) is 5.75 Å². The van der Waals surface area contributed by atoms with E-state index < -0.39 is 24.4 Å². The number of amides is 2. The Kier molecular flexibility index (Phi) is 6.39. The summed E-state index contributed by atoms with van der Waals surface area (Å²) in [5.74, 6) is -1.34. The Morgan fingerprint density at radius 3 is 2.72 bits per heavy atom. The van der Waals surface area contributed by atoms with Crippen LogP contribution in [0.15, 0.2) is 42.5 Å². The molecule has 8 heteroatoms. The smallest absolute Gasteiger partial charge is 0.311 e. The summed E-state index contributed by atoms with van der Waals surface area (Å²) in [6.07, 6.45) is 0.0226. The summed E-state index contributed by atoms with van der Waals surface area (Å²) < 4.78 is 10.4. The molecule has 1 heterocycles. The van der Waals surface area contributed by atoms with Crippen LogP contribution in [0.3, 0.4) is 0 Å². The molecule has 0 bridgehead atoms. The van der Waals surface area contributed by atoms with Crippen LogP contribution in [0, 0.1) is 12.8 Å². The van der Waals surface area contributed by atoms with E-state index in [2.05, 4.69) is 5.32 Å². The molecular weight excluding hydrogens is 396 g/mol. The first-order valence-corrected chi connectivity index (χ1v) is 9.43. The Bertz CT molecular complexity index is 946. The number of hydrogen-bond donors (Lipinski definition) is 1. The number of nitrogens with one attached hydrogen (secondary N) is 1. The minimum Gasteiger partial charge on any atom is -0.495 e. The fourth-order valence-electron chi connectivity index (χ4n) is 3.16. The van der Waals surface area contributed by atoms with Crippen molar-refractivity contribution in [2.24, 2.45) is 5.92 Å². The van der Waals surface area contributed by atoms with E-state index in [9.17, 15) is 14.4 Å². The molecule has 0 radical (unpaired) electrons. The number of methoxy groups -OCH3 is 1. The lowest BCUT2D eigenvalue weighted by Gasteiger charge is -2.19. The van der Waals surface area contributed by atoms with Crippen LogP contribution >= 0.6 is 11.6 Å². The van der Waals surface area contributed by atoms with E-state index in [-0.39, 0.29) is 18.9 Å². The molecule has 7 nitrogen and oxygen atoms in total. The number of benzene rings is 2. The Hall–Kier alpha value is -3.06. The number of carbonyl (C=O) groups excluding carboxylic acids is 3. The molecule has 29 heavy (non-hydrogen) atoms. The standard InChI is InChI=1S/C21H21ClN2O5/c1-13-9-15(22)7-8-16(13)23-19(25)12-29-21(27)14-10-20(26)24(11-14)17-5-3-4-6-18(17)28-2/h3-9,14H,10-12H2,1-2H3,(H,23,25)/t14-/m0/s1. The van der Waals surface area contributed by atoms with Gasteiger partial charge in [0.25, 0.3) is 5.91 Å². The maximum atomic E-state index is 12.4. The van der Waals surface area contributed by atoms with Crippen molar-refractivity contribution in [3.05, 3.63) is 53.1 Å². The molecule has 0 aromatic heterocycles. The third kappa shape index (κ3) is 4.86. The second-order valence-corrected chi connectivity index (χ2v) is 7.13. The number of ether oxygens (including phenoxy) is 2. The summed E-state index contributed by atoms with van der Waals surface area (Å²) in [6.45, 7) is 1.56. The van der Waals surface area contributed by atoms with Crippen molar-refractivity contribution in [2.75, 3.05) is 30.5 Å². The van der Waals surface area contributed by atoms with Gasteiger partial charge < -0.3 is 19.7 Å². The molecule has 2 aromatic carbocycles. The number of carbonyl (C=O) groups is 3. The largest absolute Gasteiger partial charge is 0.495 e. The van der Waals surface area contributed by atoms with Crippen LogP contribution < -0.4 is 15.0 Å². The molecule has 1 N–H and O–H groups in total. The number of esters is 1. The van der Waals surface area contributed by atoms with Gasteiger partial charge >= 0.3 is 5.97 Å². The molecule has 0 unspecified atom stereocenters. The maximum Gasteiger partial charge on any atom is 0.311 e. The van der Waals surface area contributed by atoms with Gasteiger partial charge in [0.05, 0.1) is 18.7 Å². The van der Waals surface area contributed by atoms with Gasteiger partial charge in [-0.3, -0.25) is 14.4 Å². The van der Waals surface area contributed by atoms with Gasteiger partial charge in [0.1, 0.15) is 5.75 Å². The summed E-state index contributed by atoms with van der Waals surface area (Å²) in [5.41, 5.74) is 1.99. The average Bonchev–Trinajstić information content (AvgIpc) is 3.09. The van der Waals surface area contributed by atoms with Crippen molar-refractivity contribution in [2.45, 2.75) is 13.3 Å². The molecular formula is C21H21ClN2O5. The van der Waals surface area contributed by atoms with Crippen LogP contribution in [0.2, 0.25) is 5.02 Å². The number of anilines is 2. The zero-order valence-electron chi connectivity index (χ0n) is 16.1. The highest BCUT2D eigenvalue weighted by atomic mass is 35.5. The Balaban J connectivity index is 1.56. The average molecular weight is 417 g/mol. The summed E-state index contributed by atoms with van der Waals surface area (Å²) in [7, 11) is 1.52. The number of para-hydroxylation sites is 2. The molecule has 1 aliphatic rings. The number of aryl methyl sites for hydroxylation is 1. The van der Waals surface area contributed by atoms with Crippen molar-refractivity contribution in [3.63, 3.8) is 0 Å². The van der Waals surface area contributed by atoms with Crippen molar-refractivity contribution < 1.29 is 23.9 Å². The Morgan fingerprint density at radius 1 is 1.24 bits per heavy atom. The topological polar surface area (TPSA) is 84.9 Å². The van der Waals surface area contributed by atoms with E-state index in [0.29, 0.717) is 22.1 Å². The molecule has 0 spiro atoms. The molecule has 1 fully saturated rings. The highest BCUT2D eigenvalue weighted by Crippen LogP contribution is 2.33. The molecule has 2 amide bonds. The predicted molar refractivity (Wildman–Crippen MR) is 109 cm³/mol. The highest BCUT2D eigenvalue weighted by molar-refractivity contribution is 6.30. The van der Waals surface area contributed by atoms with Crippen molar-refractivity contribution >= 4 is 40.8 Å². The lowest BCUT2D eigenvalue weighted by Crippen LogP contribution is -2.28. The quantitative estimate of drug-likeness (QED) is 0.731. The fourth-order valence-corrected chi connectivity index (χ4v) is 3.39. The number of halogens is 1. The van der Waals surface area contributed by atoms with Gasteiger partial charge in [-0.05, 0) is 42.8 Å². The lowest BCUT2D eigenvalue weighted by molar-refractivity contribution is -0.151. The molecule has 152 valence electrons.